The summed E-state index contributed by atoms with van der Waals surface area (Å²) < 4.78 is 6.95. The quantitative estimate of drug-likeness (QED) is 0.860. The number of pyridine rings is 1. The van der Waals surface area contributed by atoms with E-state index in [1.54, 1.807) is 18.7 Å². The topological polar surface area (TPSA) is 57.2 Å². The van der Waals surface area contributed by atoms with Crippen molar-refractivity contribution in [2.24, 2.45) is 12.8 Å². The summed E-state index contributed by atoms with van der Waals surface area (Å²) in [5.74, 6) is 0.774. The van der Waals surface area contributed by atoms with Crippen LogP contribution in [0.5, 0.6) is 5.75 Å². The molecule has 0 unspecified atom stereocenters. The SMILES string of the molecule is COc1cccc2c1cc(CCN)c(=O)n2C. The molecule has 4 heteroatoms. The predicted molar refractivity (Wildman–Crippen MR) is 68.5 cm³/mol. The van der Waals surface area contributed by atoms with Gasteiger partial charge in [0.25, 0.3) is 5.56 Å². The predicted octanol–water partition coefficient (Wildman–Crippen LogP) is 1.05. The number of hydrogen-bond acceptors (Lipinski definition) is 3. The smallest absolute Gasteiger partial charge is 0.254 e. The Bertz CT molecular complexity index is 602. The summed E-state index contributed by atoms with van der Waals surface area (Å²) in [7, 11) is 3.40. The Balaban J connectivity index is 2.81. The van der Waals surface area contributed by atoms with Crippen molar-refractivity contribution in [1.29, 1.82) is 0 Å². The molecule has 2 N–H and O–H groups in total. The summed E-state index contributed by atoms with van der Waals surface area (Å²) in [6.07, 6.45) is 0.584. The van der Waals surface area contributed by atoms with E-state index < -0.39 is 0 Å². The molecule has 0 atom stereocenters. The van der Waals surface area contributed by atoms with E-state index in [0.29, 0.717) is 13.0 Å². The van der Waals surface area contributed by atoms with E-state index >= 15 is 0 Å². The van der Waals surface area contributed by atoms with E-state index in [2.05, 4.69) is 0 Å². The number of rotatable bonds is 3. The van der Waals surface area contributed by atoms with Gasteiger partial charge in [0.1, 0.15) is 5.75 Å². The molecule has 90 valence electrons. The van der Waals surface area contributed by atoms with Gasteiger partial charge in [-0.2, -0.15) is 0 Å². The summed E-state index contributed by atoms with van der Waals surface area (Å²) in [6.45, 7) is 0.468. The molecule has 0 aliphatic heterocycles. The Hall–Kier alpha value is -1.81. The molecule has 1 aromatic carbocycles. The van der Waals surface area contributed by atoms with Crippen LogP contribution in [0.1, 0.15) is 5.56 Å². The largest absolute Gasteiger partial charge is 0.496 e. The lowest BCUT2D eigenvalue weighted by molar-refractivity contribution is 0.419. The molecule has 2 aromatic rings. The molecule has 1 aromatic heterocycles. The molecule has 0 spiro atoms. The number of fused-ring (bicyclic) bond motifs is 1. The number of ether oxygens (including phenoxy) is 1. The Morgan fingerprint density at radius 2 is 2.18 bits per heavy atom. The fraction of sp³-hybridized carbons (Fsp3) is 0.308. The molecule has 4 nitrogen and oxygen atoms in total. The van der Waals surface area contributed by atoms with Gasteiger partial charge in [-0.1, -0.05) is 6.07 Å². The first-order valence-electron chi connectivity index (χ1n) is 5.54. The lowest BCUT2D eigenvalue weighted by atomic mass is 10.1. The third kappa shape index (κ3) is 1.91. The van der Waals surface area contributed by atoms with Crippen LogP contribution in [-0.2, 0) is 13.5 Å². The normalized spacial score (nSPS) is 10.8. The first kappa shape index (κ1) is 11.7. The second-order valence-electron chi connectivity index (χ2n) is 3.97. The van der Waals surface area contributed by atoms with Crippen molar-refractivity contribution in [2.75, 3.05) is 13.7 Å². The second kappa shape index (κ2) is 4.59. The van der Waals surface area contributed by atoms with Gasteiger partial charge in [-0.15, -0.1) is 0 Å². The van der Waals surface area contributed by atoms with Crippen molar-refractivity contribution in [3.05, 3.63) is 40.2 Å². The van der Waals surface area contributed by atoms with Crippen LogP contribution in [0.4, 0.5) is 0 Å². The van der Waals surface area contributed by atoms with Gasteiger partial charge >= 0.3 is 0 Å². The number of hydrogen-bond donors (Lipinski definition) is 1. The third-order valence-corrected chi connectivity index (χ3v) is 2.94. The highest BCUT2D eigenvalue weighted by Gasteiger charge is 2.09. The van der Waals surface area contributed by atoms with E-state index in [1.807, 2.05) is 24.3 Å². The fourth-order valence-corrected chi connectivity index (χ4v) is 2.04. The first-order chi connectivity index (χ1) is 8.19. The van der Waals surface area contributed by atoms with E-state index in [1.165, 1.54) is 0 Å². The molecule has 0 saturated heterocycles. The average Bonchev–Trinajstić information content (AvgIpc) is 2.35. The molecule has 0 saturated carbocycles. The van der Waals surface area contributed by atoms with Crippen LogP contribution >= 0.6 is 0 Å². The first-order valence-corrected chi connectivity index (χ1v) is 5.54. The highest BCUT2D eigenvalue weighted by atomic mass is 16.5. The Labute approximate surface area is 99.6 Å². The Morgan fingerprint density at radius 3 is 2.82 bits per heavy atom. The number of nitrogens with zero attached hydrogens (tertiary/aromatic N) is 1. The van der Waals surface area contributed by atoms with Gasteiger partial charge in [0.2, 0.25) is 0 Å². The van der Waals surface area contributed by atoms with Gasteiger partial charge in [0, 0.05) is 18.0 Å². The summed E-state index contributed by atoms with van der Waals surface area (Å²) in [6, 6.07) is 7.55. The standard InChI is InChI=1S/C13H16N2O2/c1-15-11-4-3-5-12(17-2)10(11)8-9(6-7-14)13(15)16/h3-5,8H,6-7,14H2,1-2H3. The van der Waals surface area contributed by atoms with Crippen molar-refractivity contribution < 1.29 is 4.74 Å². The maximum absolute atomic E-state index is 12.0. The van der Waals surface area contributed by atoms with Gasteiger partial charge in [-0.3, -0.25) is 4.79 Å². The lowest BCUT2D eigenvalue weighted by Gasteiger charge is -2.11. The van der Waals surface area contributed by atoms with Crippen LogP contribution < -0.4 is 16.0 Å². The zero-order valence-corrected chi connectivity index (χ0v) is 10.1. The molecule has 2 rings (SSSR count). The maximum atomic E-state index is 12.0. The zero-order valence-electron chi connectivity index (χ0n) is 10.1. The van der Waals surface area contributed by atoms with E-state index in [-0.39, 0.29) is 5.56 Å². The molecular weight excluding hydrogens is 216 g/mol. The summed E-state index contributed by atoms with van der Waals surface area (Å²) >= 11 is 0. The highest BCUT2D eigenvalue weighted by Crippen LogP contribution is 2.24. The van der Waals surface area contributed by atoms with E-state index in [0.717, 1.165) is 22.2 Å². The van der Waals surface area contributed by atoms with Crippen LogP contribution in [0.3, 0.4) is 0 Å². The van der Waals surface area contributed by atoms with Crippen LogP contribution in [-0.4, -0.2) is 18.2 Å². The van der Waals surface area contributed by atoms with Gasteiger partial charge in [-0.25, -0.2) is 0 Å². The molecule has 0 bridgehead atoms. The minimum absolute atomic E-state index is 0.0104. The van der Waals surface area contributed by atoms with Crippen LogP contribution in [0.2, 0.25) is 0 Å². The number of benzene rings is 1. The maximum Gasteiger partial charge on any atom is 0.254 e. The van der Waals surface area contributed by atoms with Crippen molar-refractivity contribution in [3.8, 4) is 5.75 Å². The van der Waals surface area contributed by atoms with Gasteiger partial charge in [0.15, 0.2) is 0 Å². The monoisotopic (exact) mass is 232 g/mol. The molecular formula is C13H16N2O2. The van der Waals surface area contributed by atoms with Crippen LogP contribution in [0.15, 0.2) is 29.1 Å². The highest BCUT2D eigenvalue weighted by molar-refractivity contribution is 5.86. The number of nitrogens with two attached hydrogens (primary N) is 1. The van der Waals surface area contributed by atoms with Crippen molar-refractivity contribution in [2.45, 2.75) is 6.42 Å². The van der Waals surface area contributed by atoms with Crippen molar-refractivity contribution in [3.63, 3.8) is 0 Å². The summed E-state index contributed by atoms with van der Waals surface area (Å²) in [5.41, 5.74) is 7.12. The number of methoxy groups -OCH3 is 1. The average molecular weight is 232 g/mol. The molecule has 0 amide bonds. The zero-order chi connectivity index (χ0) is 12.4. The molecule has 0 aliphatic carbocycles. The summed E-state index contributed by atoms with van der Waals surface area (Å²) in [5, 5.41) is 0.945. The number of aryl methyl sites for hydroxylation is 1. The van der Waals surface area contributed by atoms with Crippen molar-refractivity contribution in [1.82, 2.24) is 4.57 Å². The molecule has 0 radical (unpaired) electrons. The van der Waals surface area contributed by atoms with Crippen LogP contribution in [0.25, 0.3) is 10.9 Å². The Morgan fingerprint density at radius 1 is 1.41 bits per heavy atom. The Kier molecular flexibility index (Phi) is 3.15. The third-order valence-electron chi connectivity index (χ3n) is 2.94. The summed E-state index contributed by atoms with van der Waals surface area (Å²) in [4.78, 5) is 12.0. The minimum atomic E-state index is 0.0104. The molecule has 17 heavy (non-hydrogen) atoms. The fourth-order valence-electron chi connectivity index (χ4n) is 2.04. The van der Waals surface area contributed by atoms with Gasteiger partial charge < -0.3 is 15.0 Å². The molecule has 0 aliphatic rings. The number of aromatic nitrogens is 1. The van der Waals surface area contributed by atoms with Crippen molar-refractivity contribution >= 4 is 10.9 Å². The molecule has 0 fully saturated rings. The molecule has 1 heterocycles. The van der Waals surface area contributed by atoms with E-state index in [9.17, 15) is 4.79 Å². The van der Waals surface area contributed by atoms with Gasteiger partial charge in [0.05, 0.1) is 12.6 Å². The van der Waals surface area contributed by atoms with Crippen LogP contribution in [0, 0.1) is 0 Å². The second-order valence-corrected chi connectivity index (χ2v) is 3.97. The van der Waals surface area contributed by atoms with Gasteiger partial charge in [-0.05, 0) is 31.2 Å². The van der Waals surface area contributed by atoms with E-state index in [4.69, 9.17) is 10.5 Å². The minimum Gasteiger partial charge on any atom is -0.496 e. The lowest BCUT2D eigenvalue weighted by Crippen LogP contribution is -2.23.